The number of nitrogens with zero attached hydrogens (tertiary/aromatic N) is 2. The maximum absolute atomic E-state index is 12.8. The second kappa shape index (κ2) is 8.91. The van der Waals surface area contributed by atoms with Crippen LogP contribution in [0, 0.1) is 13.8 Å². The van der Waals surface area contributed by atoms with Crippen LogP contribution in [0.5, 0.6) is 5.75 Å². The summed E-state index contributed by atoms with van der Waals surface area (Å²) in [7, 11) is 0. The molecule has 1 aliphatic rings. The molecule has 2 aromatic rings. The molecule has 0 bridgehead atoms. The van der Waals surface area contributed by atoms with E-state index in [-0.39, 0.29) is 24.0 Å². The van der Waals surface area contributed by atoms with E-state index in [4.69, 9.17) is 0 Å². The predicted octanol–water partition coefficient (Wildman–Crippen LogP) is 2.86. The quantitative estimate of drug-likeness (QED) is 0.887. The molecule has 0 atom stereocenters. The van der Waals surface area contributed by atoms with E-state index in [0.717, 1.165) is 23.1 Å². The fourth-order valence-corrected chi connectivity index (χ4v) is 3.62. The van der Waals surface area contributed by atoms with Gasteiger partial charge in [0.25, 0.3) is 0 Å². The first-order valence-corrected chi connectivity index (χ1v) is 9.82. The minimum atomic E-state index is -0.00896. The SMILES string of the molecule is Cc1ccc(C)c(CC(=O)N2CCCN(C(=O)Cc3ccccc3O)CC2)c1. The van der Waals surface area contributed by atoms with Crippen LogP contribution in [-0.4, -0.2) is 52.9 Å². The molecular formula is C23H28N2O3. The number of carbonyl (C=O) groups is 2. The first-order valence-electron chi connectivity index (χ1n) is 9.82. The highest BCUT2D eigenvalue weighted by Crippen LogP contribution is 2.18. The molecular weight excluding hydrogens is 352 g/mol. The van der Waals surface area contributed by atoms with E-state index >= 15 is 0 Å². The molecule has 0 aromatic heterocycles. The van der Waals surface area contributed by atoms with Gasteiger partial charge in [-0.2, -0.15) is 0 Å². The summed E-state index contributed by atoms with van der Waals surface area (Å²) < 4.78 is 0. The Bertz CT molecular complexity index is 863. The molecule has 5 nitrogen and oxygen atoms in total. The highest BCUT2D eigenvalue weighted by Gasteiger charge is 2.23. The summed E-state index contributed by atoms with van der Waals surface area (Å²) in [4.78, 5) is 29.1. The van der Waals surface area contributed by atoms with Crippen LogP contribution in [-0.2, 0) is 22.4 Å². The van der Waals surface area contributed by atoms with Gasteiger partial charge >= 0.3 is 0 Å². The standard InChI is InChI=1S/C23H28N2O3/c1-17-8-9-18(2)20(14-17)16-23(28)25-11-5-10-24(12-13-25)22(27)15-19-6-3-4-7-21(19)26/h3-4,6-9,14,26H,5,10-13,15-16H2,1-2H3. The number of carbonyl (C=O) groups excluding carboxylic acids is 2. The van der Waals surface area contributed by atoms with Crippen LogP contribution in [0.4, 0.5) is 0 Å². The van der Waals surface area contributed by atoms with Gasteiger partial charge in [-0.25, -0.2) is 0 Å². The molecule has 3 rings (SSSR count). The van der Waals surface area contributed by atoms with E-state index in [1.165, 1.54) is 0 Å². The van der Waals surface area contributed by atoms with Gasteiger partial charge in [0.1, 0.15) is 5.75 Å². The number of phenols is 1. The van der Waals surface area contributed by atoms with Crippen LogP contribution >= 0.6 is 0 Å². The Hall–Kier alpha value is -2.82. The van der Waals surface area contributed by atoms with E-state index in [1.54, 1.807) is 23.1 Å². The molecule has 5 heteroatoms. The maximum Gasteiger partial charge on any atom is 0.227 e. The van der Waals surface area contributed by atoms with E-state index in [9.17, 15) is 14.7 Å². The number of aromatic hydroxyl groups is 1. The molecule has 0 radical (unpaired) electrons. The zero-order valence-corrected chi connectivity index (χ0v) is 16.6. The van der Waals surface area contributed by atoms with E-state index in [2.05, 4.69) is 18.2 Å². The fourth-order valence-electron chi connectivity index (χ4n) is 3.62. The topological polar surface area (TPSA) is 60.9 Å². The van der Waals surface area contributed by atoms with Crippen molar-refractivity contribution < 1.29 is 14.7 Å². The van der Waals surface area contributed by atoms with Gasteiger partial charge in [0.15, 0.2) is 0 Å². The Morgan fingerprint density at radius 1 is 0.857 bits per heavy atom. The first kappa shape index (κ1) is 19.9. The second-order valence-electron chi connectivity index (χ2n) is 7.53. The van der Waals surface area contributed by atoms with Crippen LogP contribution in [0.25, 0.3) is 0 Å². The normalized spacial score (nSPS) is 14.6. The molecule has 148 valence electrons. The lowest BCUT2D eigenvalue weighted by Crippen LogP contribution is -2.38. The molecule has 0 unspecified atom stereocenters. The number of para-hydroxylation sites is 1. The second-order valence-corrected chi connectivity index (χ2v) is 7.53. The summed E-state index contributed by atoms with van der Waals surface area (Å²) in [5.41, 5.74) is 4.00. The number of amides is 2. The first-order chi connectivity index (χ1) is 13.4. The van der Waals surface area contributed by atoms with E-state index in [1.807, 2.05) is 24.8 Å². The van der Waals surface area contributed by atoms with Gasteiger partial charge in [-0.15, -0.1) is 0 Å². The van der Waals surface area contributed by atoms with Gasteiger partial charge in [-0.3, -0.25) is 9.59 Å². The summed E-state index contributed by atoms with van der Waals surface area (Å²) in [6.07, 6.45) is 1.35. The van der Waals surface area contributed by atoms with Gasteiger partial charge in [0.05, 0.1) is 12.8 Å². The van der Waals surface area contributed by atoms with Gasteiger partial charge in [-0.1, -0.05) is 42.0 Å². The lowest BCUT2D eigenvalue weighted by atomic mass is 10.0. The third kappa shape index (κ3) is 4.91. The highest BCUT2D eigenvalue weighted by molar-refractivity contribution is 5.81. The van der Waals surface area contributed by atoms with Crippen LogP contribution in [0.2, 0.25) is 0 Å². The van der Waals surface area contributed by atoms with Crippen molar-refractivity contribution in [2.45, 2.75) is 33.1 Å². The Balaban J connectivity index is 1.58. The van der Waals surface area contributed by atoms with Crippen molar-refractivity contribution in [2.24, 2.45) is 0 Å². The van der Waals surface area contributed by atoms with Crippen molar-refractivity contribution in [1.29, 1.82) is 0 Å². The number of rotatable bonds is 4. The molecule has 2 amide bonds. The molecule has 0 aliphatic carbocycles. The third-order valence-electron chi connectivity index (χ3n) is 5.38. The molecule has 0 spiro atoms. The van der Waals surface area contributed by atoms with E-state index in [0.29, 0.717) is 38.2 Å². The number of hydrogen-bond acceptors (Lipinski definition) is 3. The Labute approximate surface area is 166 Å². The summed E-state index contributed by atoms with van der Waals surface area (Å²) >= 11 is 0. The average Bonchev–Trinajstić information content (AvgIpc) is 2.93. The number of benzene rings is 2. The third-order valence-corrected chi connectivity index (χ3v) is 5.38. The van der Waals surface area contributed by atoms with Gasteiger partial charge in [-0.05, 0) is 37.5 Å². The minimum Gasteiger partial charge on any atom is -0.508 e. The number of aryl methyl sites for hydroxylation is 2. The smallest absolute Gasteiger partial charge is 0.227 e. The maximum atomic E-state index is 12.8. The zero-order chi connectivity index (χ0) is 20.1. The Morgan fingerprint density at radius 3 is 2.11 bits per heavy atom. The van der Waals surface area contributed by atoms with Crippen LogP contribution in [0.1, 0.15) is 28.7 Å². The molecule has 1 N–H and O–H groups in total. The summed E-state index contributed by atoms with van der Waals surface area (Å²) in [6, 6.07) is 13.1. The van der Waals surface area contributed by atoms with Gasteiger partial charge < -0.3 is 14.9 Å². The molecule has 1 heterocycles. The monoisotopic (exact) mass is 380 g/mol. The number of phenolic OH excluding ortho intramolecular Hbond substituents is 1. The molecule has 0 saturated carbocycles. The molecule has 1 aliphatic heterocycles. The van der Waals surface area contributed by atoms with Crippen LogP contribution < -0.4 is 0 Å². The largest absolute Gasteiger partial charge is 0.508 e. The molecule has 1 fully saturated rings. The summed E-state index contributed by atoms with van der Waals surface area (Å²) in [5.74, 6) is 0.255. The van der Waals surface area contributed by atoms with Crippen LogP contribution in [0.15, 0.2) is 42.5 Å². The van der Waals surface area contributed by atoms with Crippen molar-refractivity contribution in [3.05, 3.63) is 64.7 Å². The lowest BCUT2D eigenvalue weighted by Gasteiger charge is -2.23. The van der Waals surface area contributed by atoms with Crippen molar-refractivity contribution in [3.63, 3.8) is 0 Å². The summed E-state index contributed by atoms with van der Waals surface area (Å²) in [6.45, 7) is 6.46. The fraction of sp³-hybridized carbons (Fsp3) is 0.391. The summed E-state index contributed by atoms with van der Waals surface area (Å²) in [5, 5.41) is 9.89. The number of hydrogen-bond donors (Lipinski definition) is 1. The van der Waals surface area contributed by atoms with E-state index < -0.39 is 0 Å². The zero-order valence-electron chi connectivity index (χ0n) is 16.6. The van der Waals surface area contributed by atoms with Gasteiger partial charge in [0, 0.05) is 31.7 Å². The van der Waals surface area contributed by atoms with Crippen molar-refractivity contribution in [1.82, 2.24) is 9.80 Å². The minimum absolute atomic E-state index is 0.00896. The van der Waals surface area contributed by atoms with Crippen molar-refractivity contribution in [3.8, 4) is 5.75 Å². The Morgan fingerprint density at radius 2 is 1.46 bits per heavy atom. The highest BCUT2D eigenvalue weighted by atomic mass is 16.3. The van der Waals surface area contributed by atoms with Crippen LogP contribution in [0.3, 0.4) is 0 Å². The van der Waals surface area contributed by atoms with Crippen molar-refractivity contribution in [2.75, 3.05) is 26.2 Å². The van der Waals surface area contributed by atoms with Crippen molar-refractivity contribution >= 4 is 11.8 Å². The lowest BCUT2D eigenvalue weighted by molar-refractivity contribution is -0.132. The predicted molar refractivity (Wildman–Crippen MR) is 109 cm³/mol. The molecule has 2 aromatic carbocycles. The molecule has 28 heavy (non-hydrogen) atoms. The van der Waals surface area contributed by atoms with Gasteiger partial charge in [0.2, 0.25) is 11.8 Å². The average molecular weight is 380 g/mol. The Kier molecular flexibility index (Phi) is 6.34. The molecule has 1 saturated heterocycles.